The Labute approximate surface area is 147 Å². The molecule has 1 aromatic heterocycles. The number of alkyl carbamates (subject to hydrolysis) is 1. The Balaban J connectivity index is 1.73. The zero-order chi connectivity index (χ0) is 18.2. The van der Waals surface area contributed by atoms with E-state index in [2.05, 4.69) is 11.4 Å². The van der Waals surface area contributed by atoms with Crippen molar-refractivity contribution in [2.24, 2.45) is 5.73 Å². The van der Waals surface area contributed by atoms with Crippen LogP contribution >= 0.6 is 0 Å². The minimum absolute atomic E-state index is 0.105. The van der Waals surface area contributed by atoms with E-state index in [0.29, 0.717) is 5.92 Å². The number of amides is 2. The molecule has 1 aromatic carbocycles. The van der Waals surface area contributed by atoms with Gasteiger partial charge in [-0.05, 0) is 63.6 Å². The van der Waals surface area contributed by atoms with E-state index in [1.54, 1.807) is 6.20 Å². The van der Waals surface area contributed by atoms with Crippen LogP contribution in [0.1, 0.15) is 51.5 Å². The van der Waals surface area contributed by atoms with E-state index in [-0.39, 0.29) is 12.1 Å². The number of carbonyl (C=O) groups is 2. The van der Waals surface area contributed by atoms with Gasteiger partial charge in [0.1, 0.15) is 5.60 Å². The normalized spacial score (nSPS) is 20.6. The zero-order valence-corrected chi connectivity index (χ0v) is 14.9. The van der Waals surface area contributed by atoms with Gasteiger partial charge in [0.2, 0.25) is 0 Å². The predicted molar refractivity (Wildman–Crippen MR) is 96.7 cm³/mol. The Bertz CT molecular complexity index is 804. The van der Waals surface area contributed by atoms with Crippen LogP contribution in [0.2, 0.25) is 0 Å². The Hall–Kier alpha value is -2.50. The summed E-state index contributed by atoms with van der Waals surface area (Å²) in [4.78, 5) is 23.5. The first kappa shape index (κ1) is 17.3. The number of aromatic nitrogens is 1. The third-order valence-electron chi connectivity index (χ3n) is 4.60. The van der Waals surface area contributed by atoms with Gasteiger partial charge in [0.25, 0.3) is 0 Å². The number of nitrogens with zero attached hydrogens (tertiary/aromatic N) is 1. The molecule has 0 saturated heterocycles. The van der Waals surface area contributed by atoms with E-state index in [4.69, 9.17) is 10.5 Å². The second kappa shape index (κ2) is 6.43. The Morgan fingerprint density at radius 2 is 2.00 bits per heavy atom. The van der Waals surface area contributed by atoms with Crippen LogP contribution in [-0.4, -0.2) is 28.3 Å². The molecule has 1 aliphatic carbocycles. The minimum atomic E-state index is -0.495. The molecule has 6 nitrogen and oxygen atoms in total. The lowest BCUT2D eigenvalue weighted by molar-refractivity contribution is 0.0505. The van der Waals surface area contributed by atoms with Crippen molar-refractivity contribution in [3.8, 4) is 0 Å². The second-order valence-electron chi connectivity index (χ2n) is 7.66. The molecule has 1 fully saturated rings. The minimum Gasteiger partial charge on any atom is -0.444 e. The van der Waals surface area contributed by atoms with Crippen molar-refractivity contribution in [1.82, 2.24) is 9.88 Å². The zero-order valence-electron chi connectivity index (χ0n) is 14.9. The first-order valence-corrected chi connectivity index (χ1v) is 8.64. The van der Waals surface area contributed by atoms with E-state index in [0.717, 1.165) is 30.2 Å². The topological polar surface area (TPSA) is 86.3 Å². The lowest BCUT2D eigenvalue weighted by Crippen LogP contribution is -2.37. The Morgan fingerprint density at radius 1 is 1.24 bits per heavy atom. The number of hydrogen-bond donors (Lipinski definition) is 2. The molecule has 3 N–H and O–H groups in total. The van der Waals surface area contributed by atoms with Gasteiger partial charge in [-0.2, -0.15) is 0 Å². The van der Waals surface area contributed by atoms with Crippen molar-refractivity contribution in [3.05, 3.63) is 36.0 Å². The molecule has 134 valence electrons. The van der Waals surface area contributed by atoms with Gasteiger partial charge < -0.3 is 15.8 Å². The van der Waals surface area contributed by atoms with Crippen LogP contribution in [0.5, 0.6) is 0 Å². The fourth-order valence-corrected chi connectivity index (χ4v) is 3.61. The SMILES string of the molecule is CC(C)(C)OC(=O)NC1CCC(c2cccc3c2ccn3C(N)=O)C1. The molecule has 0 aliphatic heterocycles. The van der Waals surface area contributed by atoms with Crippen LogP contribution in [-0.2, 0) is 4.74 Å². The Kier molecular flexibility index (Phi) is 4.45. The van der Waals surface area contributed by atoms with Crippen LogP contribution in [0.4, 0.5) is 9.59 Å². The van der Waals surface area contributed by atoms with Crippen LogP contribution in [0.15, 0.2) is 30.5 Å². The summed E-state index contributed by atoms with van der Waals surface area (Å²) in [6.45, 7) is 5.57. The molecule has 1 aliphatic rings. The highest BCUT2D eigenvalue weighted by atomic mass is 16.6. The van der Waals surface area contributed by atoms with E-state index >= 15 is 0 Å². The first-order chi connectivity index (χ1) is 11.7. The van der Waals surface area contributed by atoms with E-state index in [1.807, 2.05) is 39.0 Å². The molecule has 25 heavy (non-hydrogen) atoms. The average molecular weight is 343 g/mol. The summed E-state index contributed by atoms with van der Waals surface area (Å²) < 4.78 is 6.80. The number of fused-ring (bicyclic) bond motifs is 1. The largest absolute Gasteiger partial charge is 0.444 e. The fraction of sp³-hybridized carbons (Fsp3) is 0.474. The highest BCUT2D eigenvalue weighted by molar-refractivity contribution is 5.93. The maximum absolute atomic E-state index is 12.0. The molecular weight excluding hydrogens is 318 g/mol. The van der Waals surface area contributed by atoms with E-state index in [1.165, 1.54) is 10.1 Å². The monoisotopic (exact) mass is 343 g/mol. The molecule has 1 heterocycles. The van der Waals surface area contributed by atoms with Crippen molar-refractivity contribution < 1.29 is 14.3 Å². The van der Waals surface area contributed by atoms with E-state index in [9.17, 15) is 9.59 Å². The number of primary amides is 1. The number of hydrogen-bond acceptors (Lipinski definition) is 3. The van der Waals surface area contributed by atoms with Gasteiger partial charge >= 0.3 is 12.1 Å². The van der Waals surface area contributed by atoms with Crippen LogP contribution in [0.3, 0.4) is 0 Å². The molecule has 1 saturated carbocycles. The lowest BCUT2D eigenvalue weighted by atomic mass is 9.94. The summed E-state index contributed by atoms with van der Waals surface area (Å²) in [6.07, 6.45) is 4.11. The van der Waals surface area contributed by atoms with Crippen LogP contribution in [0.25, 0.3) is 10.9 Å². The van der Waals surface area contributed by atoms with Crippen molar-refractivity contribution in [3.63, 3.8) is 0 Å². The summed E-state index contributed by atoms with van der Waals surface area (Å²) in [5.41, 5.74) is 6.95. The maximum Gasteiger partial charge on any atom is 0.407 e. The first-order valence-electron chi connectivity index (χ1n) is 8.64. The Morgan fingerprint density at radius 3 is 2.68 bits per heavy atom. The maximum atomic E-state index is 12.0. The van der Waals surface area contributed by atoms with Gasteiger partial charge in [0.05, 0.1) is 5.52 Å². The quantitative estimate of drug-likeness (QED) is 0.871. The van der Waals surface area contributed by atoms with Crippen molar-refractivity contribution >= 4 is 23.0 Å². The third kappa shape index (κ3) is 3.78. The van der Waals surface area contributed by atoms with Crippen molar-refractivity contribution in [2.75, 3.05) is 0 Å². The highest BCUT2D eigenvalue weighted by Gasteiger charge is 2.29. The van der Waals surface area contributed by atoms with Crippen molar-refractivity contribution in [2.45, 2.75) is 57.6 Å². The molecule has 3 rings (SSSR count). The fourth-order valence-electron chi connectivity index (χ4n) is 3.61. The molecule has 0 radical (unpaired) electrons. The van der Waals surface area contributed by atoms with Crippen LogP contribution < -0.4 is 11.1 Å². The molecule has 2 atom stereocenters. The van der Waals surface area contributed by atoms with Gasteiger partial charge in [-0.15, -0.1) is 0 Å². The number of carbonyl (C=O) groups excluding carboxylic acids is 2. The van der Waals surface area contributed by atoms with E-state index < -0.39 is 11.6 Å². The average Bonchev–Trinajstić information content (AvgIpc) is 3.11. The number of rotatable bonds is 2. The van der Waals surface area contributed by atoms with Gasteiger partial charge in [-0.25, -0.2) is 9.59 Å². The highest BCUT2D eigenvalue weighted by Crippen LogP contribution is 2.38. The van der Waals surface area contributed by atoms with Gasteiger partial charge in [0.15, 0.2) is 0 Å². The van der Waals surface area contributed by atoms with Crippen molar-refractivity contribution in [1.29, 1.82) is 0 Å². The number of nitrogens with one attached hydrogen (secondary N) is 1. The summed E-state index contributed by atoms with van der Waals surface area (Å²) in [6, 6.07) is 7.50. The van der Waals surface area contributed by atoms with Gasteiger partial charge in [-0.1, -0.05) is 12.1 Å². The second-order valence-corrected chi connectivity index (χ2v) is 7.66. The summed E-state index contributed by atoms with van der Waals surface area (Å²) in [5.74, 6) is 0.340. The summed E-state index contributed by atoms with van der Waals surface area (Å²) in [5, 5.41) is 4.01. The summed E-state index contributed by atoms with van der Waals surface area (Å²) >= 11 is 0. The van der Waals surface area contributed by atoms with Crippen LogP contribution in [0, 0.1) is 0 Å². The number of nitrogens with two attached hydrogens (primary N) is 1. The number of benzene rings is 1. The molecule has 0 spiro atoms. The molecule has 2 aromatic rings. The lowest BCUT2D eigenvalue weighted by Gasteiger charge is -2.22. The van der Waals surface area contributed by atoms with Gasteiger partial charge in [0, 0.05) is 17.6 Å². The third-order valence-corrected chi connectivity index (χ3v) is 4.60. The van der Waals surface area contributed by atoms with Gasteiger partial charge in [-0.3, -0.25) is 4.57 Å². The smallest absolute Gasteiger partial charge is 0.407 e. The molecule has 2 unspecified atom stereocenters. The summed E-state index contributed by atoms with van der Waals surface area (Å²) in [7, 11) is 0. The molecule has 2 amide bonds. The molecule has 0 bridgehead atoms. The standard InChI is InChI=1S/C19H25N3O3/c1-19(2,3)25-18(24)21-13-8-7-12(11-13)14-5-4-6-16-15(14)9-10-22(16)17(20)23/h4-6,9-10,12-13H,7-8,11H2,1-3H3,(H2,20,23)(H,21,24). The molecule has 6 heteroatoms. The molecular formula is C19H25N3O3. The predicted octanol–water partition coefficient (Wildman–Crippen LogP) is 3.73. The number of ether oxygens (including phenoxy) is 1.